The summed E-state index contributed by atoms with van der Waals surface area (Å²) in [6.45, 7) is 4.52. The van der Waals surface area contributed by atoms with Crippen molar-refractivity contribution in [3.8, 4) is 6.07 Å². The molecule has 0 aliphatic carbocycles. The van der Waals surface area contributed by atoms with Crippen LogP contribution in [-0.4, -0.2) is 31.1 Å². The number of rotatable bonds is 5. The second-order valence-electron chi connectivity index (χ2n) is 4.63. The lowest BCUT2D eigenvalue weighted by molar-refractivity contribution is 0.337. The fraction of sp³-hybridized carbons (Fsp3) is 0.500. The summed E-state index contributed by atoms with van der Waals surface area (Å²) in [4.78, 5) is 2.49. The topological polar surface area (TPSA) is 39.1 Å². The van der Waals surface area contributed by atoms with Crippen LogP contribution in [0.2, 0.25) is 5.02 Å². The van der Waals surface area contributed by atoms with Crippen molar-refractivity contribution < 1.29 is 0 Å². The molecular weight excluding hydrogens is 246 g/mol. The molecule has 18 heavy (non-hydrogen) atoms. The normalized spacial score (nSPS) is 15.6. The van der Waals surface area contributed by atoms with Crippen molar-refractivity contribution in [2.45, 2.75) is 19.3 Å². The van der Waals surface area contributed by atoms with Crippen molar-refractivity contribution in [1.82, 2.24) is 4.90 Å². The number of nitrogens with zero attached hydrogens (tertiary/aromatic N) is 2. The molecule has 0 aromatic heterocycles. The average Bonchev–Trinajstić information content (AvgIpc) is 2.89. The fourth-order valence-electron chi connectivity index (χ4n) is 2.30. The van der Waals surface area contributed by atoms with Crippen LogP contribution in [-0.2, 0) is 0 Å². The second kappa shape index (κ2) is 6.63. The van der Waals surface area contributed by atoms with Crippen molar-refractivity contribution in [3.63, 3.8) is 0 Å². The number of benzene rings is 1. The van der Waals surface area contributed by atoms with Crippen molar-refractivity contribution >= 4 is 17.3 Å². The quantitative estimate of drug-likeness (QED) is 0.830. The summed E-state index contributed by atoms with van der Waals surface area (Å²) in [5.74, 6) is 0. The summed E-state index contributed by atoms with van der Waals surface area (Å²) in [7, 11) is 0. The molecule has 1 N–H and O–H groups in total. The van der Waals surface area contributed by atoms with Gasteiger partial charge in [-0.25, -0.2) is 0 Å². The lowest BCUT2D eigenvalue weighted by Crippen LogP contribution is -2.22. The molecule has 0 bridgehead atoms. The molecule has 1 saturated heterocycles. The van der Waals surface area contributed by atoms with Gasteiger partial charge < -0.3 is 10.2 Å². The van der Waals surface area contributed by atoms with Crippen molar-refractivity contribution in [2.24, 2.45) is 0 Å². The van der Waals surface area contributed by atoms with Crippen LogP contribution in [0.5, 0.6) is 0 Å². The van der Waals surface area contributed by atoms with Gasteiger partial charge in [-0.3, -0.25) is 0 Å². The zero-order valence-electron chi connectivity index (χ0n) is 10.5. The molecular formula is C14H18ClN3. The van der Waals surface area contributed by atoms with Crippen molar-refractivity contribution in [1.29, 1.82) is 5.26 Å². The zero-order valence-corrected chi connectivity index (χ0v) is 11.2. The molecule has 0 radical (unpaired) electrons. The molecule has 0 spiro atoms. The van der Waals surface area contributed by atoms with E-state index in [0.29, 0.717) is 10.6 Å². The minimum absolute atomic E-state index is 0.606. The van der Waals surface area contributed by atoms with E-state index in [1.807, 2.05) is 12.1 Å². The Labute approximate surface area is 113 Å². The van der Waals surface area contributed by atoms with Gasteiger partial charge in [-0.1, -0.05) is 11.6 Å². The molecule has 0 amide bonds. The number of anilines is 1. The number of halogens is 1. The molecule has 1 aliphatic heterocycles. The van der Waals surface area contributed by atoms with E-state index in [-0.39, 0.29) is 0 Å². The minimum Gasteiger partial charge on any atom is -0.384 e. The van der Waals surface area contributed by atoms with Crippen molar-refractivity contribution in [2.75, 3.05) is 31.5 Å². The summed E-state index contributed by atoms with van der Waals surface area (Å²) in [6, 6.07) is 7.54. The molecule has 0 saturated carbocycles. The van der Waals surface area contributed by atoms with Crippen LogP contribution < -0.4 is 5.32 Å². The van der Waals surface area contributed by atoms with Gasteiger partial charge in [0.25, 0.3) is 0 Å². The first kappa shape index (κ1) is 13.2. The maximum Gasteiger partial charge on any atom is 0.101 e. The Kier molecular flexibility index (Phi) is 4.86. The van der Waals surface area contributed by atoms with E-state index in [0.717, 1.165) is 25.2 Å². The lowest BCUT2D eigenvalue weighted by Gasteiger charge is -2.15. The van der Waals surface area contributed by atoms with E-state index in [4.69, 9.17) is 16.9 Å². The van der Waals surface area contributed by atoms with Gasteiger partial charge in [0.05, 0.1) is 11.3 Å². The summed E-state index contributed by atoms with van der Waals surface area (Å²) >= 11 is 5.86. The second-order valence-corrected chi connectivity index (χ2v) is 5.07. The minimum atomic E-state index is 0.606. The van der Waals surface area contributed by atoms with Crippen LogP contribution >= 0.6 is 11.6 Å². The van der Waals surface area contributed by atoms with Crippen LogP contribution in [0.25, 0.3) is 0 Å². The van der Waals surface area contributed by atoms with Gasteiger partial charge in [-0.15, -0.1) is 0 Å². The molecule has 1 fully saturated rings. The Morgan fingerprint density at radius 1 is 1.33 bits per heavy atom. The van der Waals surface area contributed by atoms with E-state index in [1.54, 1.807) is 6.07 Å². The van der Waals surface area contributed by atoms with Crippen LogP contribution in [0.3, 0.4) is 0 Å². The zero-order chi connectivity index (χ0) is 12.8. The molecule has 1 heterocycles. The molecule has 96 valence electrons. The van der Waals surface area contributed by atoms with Crippen LogP contribution in [0, 0.1) is 11.3 Å². The van der Waals surface area contributed by atoms with Crippen LogP contribution in [0.1, 0.15) is 24.8 Å². The fourth-order valence-corrected chi connectivity index (χ4v) is 2.47. The van der Waals surface area contributed by atoms with Gasteiger partial charge in [-0.05, 0) is 57.1 Å². The third kappa shape index (κ3) is 3.63. The van der Waals surface area contributed by atoms with Gasteiger partial charge in [0.2, 0.25) is 0 Å². The molecule has 0 atom stereocenters. The monoisotopic (exact) mass is 263 g/mol. The first-order valence-electron chi connectivity index (χ1n) is 6.45. The molecule has 0 unspecified atom stereocenters. The first-order valence-corrected chi connectivity index (χ1v) is 6.83. The molecule has 2 rings (SSSR count). The number of hydrogen-bond acceptors (Lipinski definition) is 3. The predicted octanol–water partition coefficient (Wildman–Crippen LogP) is 3.11. The third-order valence-electron chi connectivity index (χ3n) is 3.27. The summed E-state index contributed by atoms with van der Waals surface area (Å²) in [6.07, 6.45) is 3.78. The van der Waals surface area contributed by atoms with Crippen LogP contribution in [0.4, 0.5) is 5.69 Å². The number of nitriles is 1. The van der Waals surface area contributed by atoms with E-state index in [1.165, 1.54) is 25.9 Å². The van der Waals surface area contributed by atoms with E-state index >= 15 is 0 Å². The Hall–Kier alpha value is -1.24. The van der Waals surface area contributed by atoms with Crippen molar-refractivity contribution in [3.05, 3.63) is 28.8 Å². The van der Waals surface area contributed by atoms with E-state index in [9.17, 15) is 0 Å². The highest BCUT2D eigenvalue weighted by atomic mass is 35.5. The molecule has 4 heteroatoms. The van der Waals surface area contributed by atoms with E-state index in [2.05, 4.69) is 16.3 Å². The van der Waals surface area contributed by atoms with Crippen LogP contribution in [0.15, 0.2) is 18.2 Å². The Morgan fingerprint density at radius 3 is 2.83 bits per heavy atom. The summed E-state index contributed by atoms with van der Waals surface area (Å²) in [5, 5.41) is 12.9. The van der Waals surface area contributed by atoms with Gasteiger partial charge >= 0.3 is 0 Å². The highest BCUT2D eigenvalue weighted by Crippen LogP contribution is 2.19. The average molecular weight is 264 g/mol. The number of likely N-dealkylation sites (tertiary alicyclic amines) is 1. The molecule has 1 aromatic rings. The molecule has 1 aliphatic rings. The lowest BCUT2D eigenvalue weighted by atomic mass is 10.2. The summed E-state index contributed by atoms with van der Waals surface area (Å²) in [5.41, 5.74) is 1.49. The third-order valence-corrected chi connectivity index (χ3v) is 3.50. The van der Waals surface area contributed by atoms with Gasteiger partial charge in [-0.2, -0.15) is 5.26 Å². The smallest absolute Gasteiger partial charge is 0.101 e. The number of hydrogen-bond donors (Lipinski definition) is 1. The first-order chi connectivity index (χ1) is 8.79. The van der Waals surface area contributed by atoms with Gasteiger partial charge in [0.15, 0.2) is 0 Å². The Balaban J connectivity index is 1.77. The Bertz CT molecular complexity index is 433. The largest absolute Gasteiger partial charge is 0.384 e. The highest BCUT2D eigenvalue weighted by Gasteiger charge is 2.10. The Morgan fingerprint density at radius 2 is 2.11 bits per heavy atom. The molecule has 3 nitrogen and oxygen atoms in total. The summed E-state index contributed by atoms with van der Waals surface area (Å²) < 4.78 is 0. The maximum atomic E-state index is 9.02. The standard InChI is InChI=1S/C14H18ClN3/c15-13-4-5-14(12(10-13)11-16)17-6-3-9-18-7-1-2-8-18/h4-5,10,17H,1-3,6-9H2. The SMILES string of the molecule is N#Cc1cc(Cl)ccc1NCCCN1CCCC1. The predicted molar refractivity (Wildman–Crippen MR) is 74.9 cm³/mol. The number of nitrogens with one attached hydrogen (secondary N) is 1. The van der Waals surface area contributed by atoms with Gasteiger partial charge in [0, 0.05) is 11.6 Å². The highest BCUT2D eigenvalue weighted by molar-refractivity contribution is 6.30. The molecule has 1 aromatic carbocycles. The van der Waals surface area contributed by atoms with E-state index < -0.39 is 0 Å². The van der Waals surface area contributed by atoms with Gasteiger partial charge in [0.1, 0.15) is 6.07 Å². The maximum absolute atomic E-state index is 9.02.